The summed E-state index contributed by atoms with van der Waals surface area (Å²) in [5, 5.41) is 14.4. The van der Waals surface area contributed by atoms with Gasteiger partial charge in [-0.2, -0.15) is 0 Å². The molecule has 0 aliphatic heterocycles. The average Bonchev–Trinajstić information content (AvgIpc) is 2.94. The van der Waals surface area contributed by atoms with Crippen molar-refractivity contribution in [2.45, 2.75) is 51.0 Å². The van der Waals surface area contributed by atoms with Gasteiger partial charge in [-0.05, 0) is 72.7 Å². The Morgan fingerprint density at radius 2 is 1.51 bits per heavy atom. The summed E-state index contributed by atoms with van der Waals surface area (Å²) < 4.78 is 0. The predicted molar refractivity (Wildman–Crippen MR) is 143 cm³/mol. The number of anilines is 1. The van der Waals surface area contributed by atoms with Crippen LogP contribution < -0.4 is 16.4 Å². The van der Waals surface area contributed by atoms with Gasteiger partial charge in [0.15, 0.2) is 5.78 Å². The highest BCUT2D eigenvalue weighted by atomic mass is 16.3. The topological polar surface area (TPSA) is 122 Å². The van der Waals surface area contributed by atoms with Gasteiger partial charge in [0, 0.05) is 35.3 Å². The standard InChI is InChI=1S/C30H33N3O4/c31-20-27(28(35)21-34)33-30(37)25-15-10-23(11-16-25)8-4-5-9-24-12-17-26(18-13-24)32-29(36)19-14-22-6-2-1-3-7-22/h10-13,15-18,22,27,34H,1-3,6-7,14,19-21,31H2,(H,32,36)(H,33,37)/t27-/m0/s1. The van der Waals surface area contributed by atoms with Crippen molar-refractivity contribution < 1.29 is 19.5 Å². The molecule has 0 bridgehead atoms. The Morgan fingerprint density at radius 1 is 0.919 bits per heavy atom. The molecule has 0 heterocycles. The zero-order valence-electron chi connectivity index (χ0n) is 20.9. The minimum atomic E-state index is -0.927. The molecule has 1 atom stereocenters. The van der Waals surface area contributed by atoms with Gasteiger partial charge < -0.3 is 21.5 Å². The summed E-state index contributed by atoms with van der Waals surface area (Å²) in [5.74, 6) is 11.2. The van der Waals surface area contributed by atoms with E-state index < -0.39 is 24.3 Å². The molecule has 37 heavy (non-hydrogen) atoms. The number of aliphatic hydroxyl groups excluding tert-OH is 1. The van der Waals surface area contributed by atoms with Gasteiger partial charge in [-0.3, -0.25) is 14.4 Å². The highest BCUT2D eigenvalue weighted by Gasteiger charge is 2.19. The van der Waals surface area contributed by atoms with E-state index in [-0.39, 0.29) is 12.5 Å². The number of hydrogen-bond donors (Lipinski definition) is 4. The van der Waals surface area contributed by atoms with Crippen LogP contribution in [0.1, 0.15) is 66.4 Å². The summed E-state index contributed by atoms with van der Waals surface area (Å²) in [6.07, 6.45) is 7.92. The van der Waals surface area contributed by atoms with Crippen LogP contribution in [0.4, 0.5) is 5.69 Å². The summed E-state index contributed by atoms with van der Waals surface area (Å²) in [4.78, 5) is 36.1. The quantitative estimate of drug-likeness (QED) is 0.395. The van der Waals surface area contributed by atoms with Crippen molar-refractivity contribution in [2.75, 3.05) is 18.5 Å². The lowest BCUT2D eigenvalue weighted by molar-refractivity contribution is -0.123. The Morgan fingerprint density at radius 3 is 2.08 bits per heavy atom. The molecular weight excluding hydrogens is 466 g/mol. The van der Waals surface area contributed by atoms with Gasteiger partial charge >= 0.3 is 0 Å². The summed E-state index contributed by atoms with van der Waals surface area (Å²) >= 11 is 0. The second kappa shape index (κ2) is 14.6. The van der Waals surface area contributed by atoms with Crippen molar-refractivity contribution in [1.29, 1.82) is 0 Å². The van der Waals surface area contributed by atoms with E-state index in [2.05, 4.69) is 34.3 Å². The van der Waals surface area contributed by atoms with Gasteiger partial charge in [0.05, 0.1) is 0 Å². The fourth-order valence-electron chi connectivity index (χ4n) is 4.21. The van der Waals surface area contributed by atoms with Gasteiger partial charge in [0.25, 0.3) is 5.91 Å². The number of nitrogens with one attached hydrogen (secondary N) is 2. The number of carbonyl (C=O) groups is 3. The summed E-state index contributed by atoms with van der Waals surface area (Å²) in [7, 11) is 0. The molecule has 0 spiro atoms. The minimum absolute atomic E-state index is 0.0524. The van der Waals surface area contributed by atoms with Crippen LogP contribution >= 0.6 is 0 Å². The number of ketones is 1. The molecule has 7 heteroatoms. The molecule has 1 saturated carbocycles. The molecule has 0 aromatic heterocycles. The second-order valence-electron chi connectivity index (χ2n) is 9.13. The number of Topliss-reactive ketones (excluding diaryl/α,β-unsaturated/α-hetero) is 1. The molecular formula is C30H33N3O4. The normalized spacial score (nSPS) is 13.8. The molecule has 3 rings (SSSR count). The lowest BCUT2D eigenvalue weighted by Gasteiger charge is -2.20. The number of hydrogen-bond acceptors (Lipinski definition) is 5. The Bertz CT molecular complexity index is 1190. The van der Waals surface area contributed by atoms with Crippen molar-refractivity contribution in [3.63, 3.8) is 0 Å². The fraction of sp³-hybridized carbons (Fsp3) is 0.367. The van der Waals surface area contributed by atoms with Crippen molar-refractivity contribution in [1.82, 2.24) is 5.32 Å². The SMILES string of the molecule is NC[C@H](NC(=O)c1ccc(C#CC#Cc2ccc(NC(=O)CCC3CCCCC3)cc2)cc1)C(=O)CO. The summed E-state index contributed by atoms with van der Waals surface area (Å²) in [6, 6.07) is 13.0. The molecule has 192 valence electrons. The minimum Gasteiger partial charge on any atom is -0.388 e. The van der Waals surface area contributed by atoms with Crippen LogP contribution in [0, 0.1) is 29.6 Å². The van der Waals surface area contributed by atoms with Crippen LogP contribution in [0.5, 0.6) is 0 Å². The number of amides is 2. The van der Waals surface area contributed by atoms with E-state index in [1.807, 2.05) is 24.3 Å². The summed E-state index contributed by atoms with van der Waals surface area (Å²) in [6.45, 7) is -0.774. The Hall–Kier alpha value is -3.91. The van der Waals surface area contributed by atoms with Crippen molar-refractivity contribution in [3.8, 4) is 23.7 Å². The first-order valence-electron chi connectivity index (χ1n) is 12.6. The van der Waals surface area contributed by atoms with E-state index in [0.29, 0.717) is 23.5 Å². The lowest BCUT2D eigenvalue weighted by atomic mass is 9.86. The lowest BCUT2D eigenvalue weighted by Crippen LogP contribution is -2.46. The van der Waals surface area contributed by atoms with Crippen LogP contribution in [0.15, 0.2) is 48.5 Å². The Balaban J connectivity index is 1.47. The maximum atomic E-state index is 12.3. The van der Waals surface area contributed by atoms with E-state index in [1.165, 1.54) is 32.1 Å². The molecule has 2 aromatic carbocycles. The zero-order chi connectivity index (χ0) is 26.5. The number of nitrogens with two attached hydrogens (primary N) is 1. The van der Waals surface area contributed by atoms with Gasteiger partial charge in [-0.25, -0.2) is 0 Å². The van der Waals surface area contributed by atoms with Crippen LogP contribution in [-0.4, -0.2) is 41.9 Å². The first kappa shape index (κ1) is 27.7. The fourth-order valence-corrected chi connectivity index (χ4v) is 4.21. The first-order valence-corrected chi connectivity index (χ1v) is 12.6. The largest absolute Gasteiger partial charge is 0.388 e. The third kappa shape index (κ3) is 9.24. The van der Waals surface area contributed by atoms with Gasteiger partial charge in [-0.15, -0.1) is 0 Å². The molecule has 2 aromatic rings. The van der Waals surface area contributed by atoms with Crippen LogP contribution in [0.3, 0.4) is 0 Å². The maximum absolute atomic E-state index is 12.3. The van der Waals surface area contributed by atoms with Crippen molar-refractivity contribution >= 4 is 23.3 Å². The smallest absolute Gasteiger partial charge is 0.251 e. The number of benzene rings is 2. The highest BCUT2D eigenvalue weighted by Crippen LogP contribution is 2.27. The molecule has 0 radical (unpaired) electrons. The molecule has 0 saturated heterocycles. The van der Waals surface area contributed by atoms with Crippen molar-refractivity contribution in [3.05, 3.63) is 65.2 Å². The molecule has 0 unspecified atom stereocenters. The number of rotatable bonds is 9. The Labute approximate surface area is 218 Å². The van der Waals surface area contributed by atoms with E-state index in [4.69, 9.17) is 10.8 Å². The van der Waals surface area contributed by atoms with Gasteiger partial charge in [-0.1, -0.05) is 43.9 Å². The number of aliphatic hydroxyl groups is 1. The maximum Gasteiger partial charge on any atom is 0.251 e. The monoisotopic (exact) mass is 499 g/mol. The van der Waals surface area contributed by atoms with E-state index in [0.717, 1.165) is 17.7 Å². The van der Waals surface area contributed by atoms with Crippen LogP contribution in [-0.2, 0) is 9.59 Å². The predicted octanol–water partition coefficient (Wildman–Crippen LogP) is 3.01. The van der Waals surface area contributed by atoms with Crippen LogP contribution in [0.2, 0.25) is 0 Å². The van der Waals surface area contributed by atoms with Crippen LogP contribution in [0.25, 0.3) is 0 Å². The molecule has 7 nitrogen and oxygen atoms in total. The molecule has 1 aliphatic rings. The van der Waals surface area contributed by atoms with Gasteiger partial charge in [0.2, 0.25) is 5.91 Å². The van der Waals surface area contributed by atoms with Crippen molar-refractivity contribution in [2.24, 2.45) is 11.7 Å². The molecule has 1 fully saturated rings. The second-order valence-corrected chi connectivity index (χ2v) is 9.13. The third-order valence-electron chi connectivity index (χ3n) is 6.38. The van der Waals surface area contributed by atoms with E-state index in [1.54, 1.807) is 24.3 Å². The average molecular weight is 500 g/mol. The zero-order valence-corrected chi connectivity index (χ0v) is 20.9. The van der Waals surface area contributed by atoms with E-state index >= 15 is 0 Å². The number of carbonyl (C=O) groups excluding carboxylic acids is 3. The molecule has 2 amide bonds. The van der Waals surface area contributed by atoms with E-state index in [9.17, 15) is 14.4 Å². The molecule has 5 N–H and O–H groups in total. The molecule has 1 aliphatic carbocycles. The highest BCUT2D eigenvalue weighted by molar-refractivity contribution is 5.98. The van der Waals surface area contributed by atoms with Gasteiger partial charge in [0.1, 0.15) is 12.6 Å². The summed E-state index contributed by atoms with van der Waals surface area (Å²) in [5.41, 5.74) is 8.05. The Kier molecular flexibility index (Phi) is 10.9. The first-order chi connectivity index (χ1) is 18.0. The third-order valence-corrected chi connectivity index (χ3v) is 6.38.